The largest absolute Gasteiger partial charge is 0.234 e. The van der Waals surface area contributed by atoms with Crippen LogP contribution in [0.25, 0.3) is 12.2 Å². The molecule has 0 saturated carbocycles. The third-order valence-corrected chi connectivity index (χ3v) is 3.43. The van der Waals surface area contributed by atoms with Gasteiger partial charge in [-0.15, -0.1) is 0 Å². The smallest absolute Gasteiger partial charge is 0.189 e. The number of aryl methyl sites for hydroxylation is 1. The first-order valence-electron chi connectivity index (χ1n) is 4.94. The van der Waals surface area contributed by atoms with Crippen LogP contribution >= 0.6 is 11.3 Å². The van der Waals surface area contributed by atoms with Gasteiger partial charge in [-0.05, 0) is 11.6 Å². The van der Waals surface area contributed by atoms with Crippen LogP contribution in [0, 0.1) is 6.92 Å². The maximum absolute atomic E-state index is 2.20. The predicted molar refractivity (Wildman–Crippen MR) is 65.6 cm³/mol. The molecule has 0 radical (unpaired) electrons. The van der Waals surface area contributed by atoms with Crippen LogP contribution in [0.1, 0.15) is 16.3 Å². The molecule has 0 atom stereocenters. The Morgan fingerprint density at radius 3 is 2.47 bits per heavy atom. The zero-order valence-corrected chi connectivity index (χ0v) is 9.79. The van der Waals surface area contributed by atoms with E-state index in [9.17, 15) is 0 Å². The summed E-state index contributed by atoms with van der Waals surface area (Å²) in [5.41, 5.74) is 2.49. The highest BCUT2D eigenvalue weighted by Gasteiger charge is 2.07. The fourth-order valence-corrected chi connectivity index (χ4v) is 2.17. The number of hydrogen-bond donors (Lipinski definition) is 0. The van der Waals surface area contributed by atoms with E-state index in [0.29, 0.717) is 0 Å². The summed E-state index contributed by atoms with van der Waals surface area (Å²) in [6.45, 7) is 2.13. The minimum atomic E-state index is 1.24. The monoisotopic (exact) mass is 216 g/mol. The van der Waals surface area contributed by atoms with Gasteiger partial charge in [0.25, 0.3) is 0 Å². The quantitative estimate of drug-likeness (QED) is 0.679. The summed E-state index contributed by atoms with van der Waals surface area (Å²) >= 11 is 1.78. The molecule has 0 amide bonds. The van der Waals surface area contributed by atoms with Crippen LogP contribution in [0.15, 0.2) is 35.7 Å². The summed E-state index contributed by atoms with van der Waals surface area (Å²) in [5, 5.41) is 3.50. The molecule has 1 heterocycles. The molecule has 0 bridgehead atoms. The second kappa shape index (κ2) is 4.41. The standard InChI is InChI=1S/C13H14NS/c1-11-14(2)13(10-15-11)9-8-12-6-4-3-5-7-12/h3-10H,1-2H3/q+1. The summed E-state index contributed by atoms with van der Waals surface area (Å²) < 4.78 is 2.20. The first-order valence-corrected chi connectivity index (χ1v) is 5.82. The Balaban J connectivity index is 2.23. The zero-order valence-electron chi connectivity index (χ0n) is 8.97. The molecule has 0 fully saturated rings. The van der Waals surface area contributed by atoms with E-state index in [-0.39, 0.29) is 0 Å². The van der Waals surface area contributed by atoms with Crippen molar-refractivity contribution in [2.75, 3.05) is 0 Å². The number of hydrogen-bond acceptors (Lipinski definition) is 1. The number of benzene rings is 1. The van der Waals surface area contributed by atoms with Crippen molar-refractivity contribution in [1.29, 1.82) is 0 Å². The zero-order chi connectivity index (χ0) is 10.7. The summed E-state index contributed by atoms with van der Waals surface area (Å²) in [6.07, 6.45) is 4.29. The van der Waals surface area contributed by atoms with E-state index in [4.69, 9.17) is 0 Å². The molecule has 0 unspecified atom stereocenters. The molecular formula is C13H14NS+. The maximum Gasteiger partial charge on any atom is 0.234 e. The highest BCUT2D eigenvalue weighted by Crippen LogP contribution is 2.09. The fraction of sp³-hybridized carbons (Fsp3) is 0.154. The van der Waals surface area contributed by atoms with Crippen molar-refractivity contribution in [2.45, 2.75) is 6.92 Å². The number of rotatable bonds is 2. The molecule has 1 nitrogen and oxygen atoms in total. The third-order valence-electron chi connectivity index (χ3n) is 2.46. The van der Waals surface area contributed by atoms with Crippen LogP contribution in [-0.4, -0.2) is 0 Å². The van der Waals surface area contributed by atoms with Crippen molar-refractivity contribution in [1.82, 2.24) is 0 Å². The number of thiazole rings is 1. The summed E-state index contributed by atoms with van der Waals surface area (Å²) in [5.74, 6) is 0. The highest BCUT2D eigenvalue weighted by molar-refractivity contribution is 7.09. The van der Waals surface area contributed by atoms with Gasteiger partial charge in [-0.3, -0.25) is 0 Å². The van der Waals surface area contributed by atoms with E-state index in [1.54, 1.807) is 11.3 Å². The van der Waals surface area contributed by atoms with Crippen molar-refractivity contribution < 1.29 is 4.57 Å². The Hall–Kier alpha value is -1.41. The van der Waals surface area contributed by atoms with Gasteiger partial charge in [-0.2, -0.15) is 4.57 Å². The Morgan fingerprint density at radius 2 is 1.87 bits per heavy atom. The van der Waals surface area contributed by atoms with Gasteiger partial charge in [-0.25, -0.2) is 0 Å². The first kappa shape index (κ1) is 10.1. The molecule has 0 spiro atoms. The Morgan fingerprint density at radius 1 is 1.13 bits per heavy atom. The molecule has 2 rings (SSSR count). The summed E-state index contributed by atoms with van der Waals surface area (Å²) in [6, 6.07) is 10.4. The highest BCUT2D eigenvalue weighted by atomic mass is 32.1. The molecule has 0 saturated heterocycles. The van der Waals surface area contributed by atoms with Crippen LogP contribution in [0.2, 0.25) is 0 Å². The third kappa shape index (κ3) is 2.34. The molecule has 0 aliphatic carbocycles. The van der Waals surface area contributed by atoms with Gasteiger partial charge in [0, 0.05) is 13.0 Å². The van der Waals surface area contributed by atoms with Gasteiger partial charge in [0.2, 0.25) is 10.7 Å². The molecule has 1 aromatic carbocycles. The van der Waals surface area contributed by atoms with E-state index in [1.165, 1.54) is 16.3 Å². The van der Waals surface area contributed by atoms with E-state index in [0.717, 1.165) is 0 Å². The van der Waals surface area contributed by atoms with Gasteiger partial charge < -0.3 is 0 Å². The Bertz CT molecular complexity index is 469. The number of nitrogens with zero attached hydrogens (tertiary/aromatic N) is 1. The average Bonchev–Trinajstić information content (AvgIpc) is 2.59. The molecule has 15 heavy (non-hydrogen) atoms. The van der Waals surface area contributed by atoms with Crippen molar-refractivity contribution >= 4 is 23.5 Å². The van der Waals surface area contributed by atoms with E-state index in [1.807, 2.05) is 6.07 Å². The molecule has 2 heteroatoms. The second-order valence-corrected chi connectivity index (χ2v) is 4.54. The van der Waals surface area contributed by atoms with Crippen LogP contribution in [0.3, 0.4) is 0 Å². The summed E-state index contributed by atoms with van der Waals surface area (Å²) in [7, 11) is 2.09. The number of aromatic nitrogens is 1. The van der Waals surface area contributed by atoms with Gasteiger partial charge in [0.15, 0.2) is 0 Å². The van der Waals surface area contributed by atoms with E-state index >= 15 is 0 Å². The Labute approximate surface area is 94.3 Å². The van der Waals surface area contributed by atoms with Gasteiger partial charge in [-0.1, -0.05) is 41.7 Å². The van der Waals surface area contributed by atoms with Gasteiger partial charge >= 0.3 is 0 Å². The molecule has 1 aromatic heterocycles. The molecule has 0 aliphatic heterocycles. The minimum absolute atomic E-state index is 1.24. The lowest BCUT2D eigenvalue weighted by Gasteiger charge is -1.90. The predicted octanol–water partition coefficient (Wildman–Crippen LogP) is 3.05. The van der Waals surface area contributed by atoms with Crippen molar-refractivity contribution in [3.8, 4) is 0 Å². The van der Waals surface area contributed by atoms with Crippen molar-refractivity contribution in [2.24, 2.45) is 7.05 Å². The normalized spacial score (nSPS) is 11.1. The molecule has 76 valence electrons. The fourth-order valence-electron chi connectivity index (χ4n) is 1.38. The van der Waals surface area contributed by atoms with Gasteiger partial charge in [0.05, 0.1) is 5.38 Å². The molecule has 0 aliphatic rings. The summed E-state index contributed by atoms with van der Waals surface area (Å²) in [4.78, 5) is 0. The van der Waals surface area contributed by atoms with Gasteiger partial charge in [0.1, 0.15) is 7.05 Å². The van der Waals surface area contributed by atoms with Crippen LogP contribution in [0.4, 0.5) is 0 Å². The average molecular weight is 216 g/mol. The molecule has 2 aromatic rings. The lowest BCUT2D eigenvalue weighted by atomic mass is 10.2. The van der Waals surface area contributed by atoms with Crippen LogP contribution < -0.4 is 4.57 Å². The van der Waals surface area contributed by atoms with Crippen LogP contribution in [0.5, 0.6) is 0 Å². The SMILES string of the molecule is Cc1scc(C=Cc2ccccc2)[n+]1C. The van der Waals surface area contributed by atoms with Crippen LogP contribution in [-0.2, 0) is 7.05 Å². The second-order valence-electron chi connectivity index (χ2n) is 3.48. The maximum atomic E-state index is 2.20. The van der Waals surface area contributed by atoms with Crippen molar-refractivity contribution in [3.63, 3.8) is 0 Å². The first-order chi connectivity index (χ1) is 7.27. The molecular weight excluding hydrogens is 202 g/mol. The Kier molecular flexibility index (Phi) is 2.97. The lowest BCUT2D eigenvalue weighted by molar-refractivity contribution is -0.674. The van der Waals surface area contributed by atoms with Crippen molar-refractivity contribution in [3.05, 3.63) is 52.0 Å². The molecule has 0 N–H and O–H groups in total. The van der Waals surface area contributed by atoms with E-state index < -0.39 is 0 Å². The minimum Gasteiger partial charge on any atom is -0.189 e. The lowest BCUT2D eigenvalue weighted by Crippen LogP contribution is -2.31. The van der Waals surface area contributed by atoms with E-state index in [2.05, 4.69) is 60.3 Å². The topological polar surface area (TPSA) is 3.88 Å².